The fourth-order valence-corrected chi connectivity index (χ4v) is 5.35. The Morgan fingerprint density at radius 2 is 1.80 bits per heavy atom. The Balaban J connectivity index is 1.56. The van der Waals surface area contributed by atoms with Gasteiger partial charge in [0.2, 0.25) is 0 Å². The van der Waals surface area contributed by atoms with Crippen LogP contribution in [0.2, 0.25) is 0 Å². The SMILES string of the molecule is CCNC(c1ccc(OC)cc1)C1C2C3CCC(C3)C21. The van der Waals surface area contributed by atoms with E-state index in [-0.39, 0.29) is 0 Å². The summed E-state index contributed by atoms with van der Waals surface area (Å²) >= 11 is 0. The van der Waals surface area contributed by atoms with Gasteiger partial charge in [-0.05, 0) is 73.1 Å². The van der Waals surface area contributed by atoms with Crippen LogP contribution in [0.4, 0.5) is 0 Å². The molecule has 0 amide bonds. The number of fused-ring (bicyclic) bond motifs is 5. The van der Waals surface area contributed by atoms with E-state index in [2.05, 4.69) is 36.5 Å². The van der Waals surface area contributed by atoms with Gasteiger partial charge < -0.3 is 10.1 Å². The molecule has 2 nitrogen and oxygen atoms in total. The molecule has 0 radical (unpaired) electrons. The minimum absolute atomic E-state index is 0.560. The fraction of sp³-hybridized carbons (Fsp3) is 0.667. The highest BCUT2D eigenvalue weighted by atomic mass is 16.5. The smallest absolute Gasteiger partial charge is 0.118 e. The first-order valence-electron chi connectivity index (χ1n) is 8.20. The van der Waals surface area contributed by atoms with E-state index < -0.39 is 0 Å². The molecule has 0 aliphatic heterocycles. The number of rotatable bonds is 5. The van der Waals surface area contributed by atoms with Crippen molar-refractivity contribution in [1.29, 1.82) is 0 Å². The average molecular weight is 271 g/mol. The molecular formula is C18H25NO. The highest BCUT2D eigenvalue weighted by molar-refractivity contribution is 5.32. The molecule has 0 spiro atoms. The van der Waals surface area contributed by atoms with Crippen molar-refractivity contribution in [3.8, 4) is 5.75 Å². The first-order valence-corrected chi connectivity index (χ1v) is 8.20. The second-order valence-corrected chi connectivity index (χ2v) is 6.87. The van der Waals surface area contributed by atoms with E-state index in [9.17, 15) is 0 Å². The van der Waals surface area contributed by atoms with Crippen LogP contribution in [0.25, 0.3) is 0 Å². The van der Waals surface area contributed by atoms with Crippen molar-refractivity contribution in [2.45, 2.75) is 32.2 Å². The van der Waals surface area contributed by atoms with E-state index in [0.717, 1.165) is 41.9 Å². The van der Waals surface area contributed by atoms with Crippen molar-refractivity contribution in [3.05, 3.63) is 29.8 Å². The van der Waals surface area contributed by atoms with Gasteiger partial charge in [-0.15, -0.1) is 0 Å². The van der Waals surface area contributed by atoms with Crippen molar-refractivity contribution in [3.63, 3.8) is 0 Å². The standard InChI is InChI=1S/C18H25NO/c1-3-19-18(11-6-8-14(20-2)9-7-11)17-15-12-4-5-13(10-12)16(15)17/h6-9,12-13,15-19H,3-5,10H2,1-2H3. The Morgan fingerprint density at radius 3 is 2.35 bits per heavy atom. The lowest BCUT2D eigenvalue weighted by molar-refractivity contribution is 0.374. The molecule has 0 heterocycles. The predicted molar refractivity (Wildman–Crippen MR) is 80.7 cm³/mol. The number of hydrogen-bond donors (Lipinski definition) is 1. The van der Waals surface area contributed by atoms with Crippen LogP contribution in [0.5, 0.6) is 5.75 Å². The molecule has 108 valence electrons. The second kappa shape index (κ2) is 4.77. The number of methoxy groups -OCH3 is 1. The van der Waals surface area contributed by atoms with Crippen molar-refractivity contribution >= 4 is 0 Å². The van der Waals surface area contributed by atoms with Crippen LogP contribution in [-0.2, 0) is 0 Å². The molecule has 2 heteroatoms. The largest absolute Gasteiger partial charge is 0.497 e. The van der Waals surface area contributed by atoms with Gasteiger partial charge in [0.25, 0.3) is 0 Å². The summed E-state index contributed by atoms with van der Waals surface area (Å²) in [5, 5.41) is 3.75. The first kappa shape index (κ1) is 12.7. The molecule has 5 atom stereocenters. The van der Waals surface area contributed by atoms with E-state index in [1.54, 1.807) is 7.11 Å². The van der Waals surface area contributed by atoms with Gasteiger partial charge in [0.05, 0.1) is 7.11 Å². The maximum absolute atomic E-state index is 5.28. The third kappa shape index (κ3) is 1.81. The molecule has 1 aromatic rings. The Morgan fingerprint density at radius 1 is 1.15 bits per heavy atom. The third-order valence-corrected chi connectivity index (χ3v) is 6.08. The van der Waals surface area contributed by atoms with Gasteiger partial charge >= 0.3 is 0 Å². The van der Waals surface area contributed by atoms with Crippen LogP contribution in [0, 0.1) is 29.6 Å². The first-order chi connectivity index (χ1) is 9.83. The van der Waals surface area contributed by atoms with Crippen LogP contribution >= 0.6 is 0 Å². The zero-order valence-electron chi connectivity index (χ0n) is 12.5. The van der Waals surface area contributed by atoms with E-state index in [1.165, 1.54) is 24.8 Å². The second-order valence-electron chi connectivity index (χ2n) is 6.87. The van der Waals surface area contributed by atoms with Gasteiger partial charge in [0.1, 0.15) is 5.75 Å². The highest BCUT2D eigenvalue weighted by Gasteiger charge is 2.66. The summed E-state index contributed by atoms with van der Waals surface area (Å²) in [6.45, 7) is 3.28. The zero-order valence-corrected chi connectivity index (χ0v) is 12.5. The number of hydrogen-bond acceptors (Lipinski definition) is 2. The summed E-state index contributed by atoms with van der Waals surface area (Å²) < 4.78 is 5.28. The normalized spacial score (nSPS) is 38.6. The number of nitrogens with one attached hydrogen (secondary N) is 1. The third-order valence-electron chi connectivity index (χ3n) is 6.08. The Hall–Kier alpha value is -1.02. The summed E-state index contributed by atoms with van der Waals surface area (Å²) in [4.78, 5) is 0. The van der Waals surface area contributed by atoms with Crippen LogP contribution < -0.4 is 10.1 Å². The van der Waals surface area contributed by atoms with E-state index in [1.807, 2.05) is 0 Å². The van der Waals surface area contributed by atoms with Gasteiger partial charge in [-0.3, -0.25) is 0 Å². The van der Waals surface area contributed by atoms with Crippen molar-refractivity contribution in [2.75, 3.05) is 13.7 Å². The fourth-order valence-electron chi connectivity index (χ4n) is 5.35. The summed E-state index contributed by atoms with van der Waals surface area (Å²) in [6, 6.07) is 9.27. The summed E-state index contributed by atoms with van der Waals surface area (Å²) in [5.74, 6) is 6.01. The van der Waals surface area contributed by atoms with Gasteiger partial charge in [-0.25, -0.2) is 0 Å². The average Bonchev–Trinajstić information content (AvgIpc) is 2.90. The molecule has 1 N–H and O–H groups in total. The molecule has 1 aromatic carbocycles. The lowest BCUT2D eigenvalue weighted by Gasteiger charge is -2.22. The molecule has 0 saturated heterocycles. The summed E-state index contributed by atoms with van der Waals surface area (Å²) in [6.07, 6.45) is 4.54. The molecule has 3 aliphatic carbocycles. The minimum atomic E-state index is 0.560. The zero-order chi connectivity index (χ0) is 13.7. The van der Waals surface area contributed by atoms with Crippen LogP contribution in [0.1, 0.15) is 37.8 Å². The monoisotopic (exact) mass is 271 g/mol. The number of benzene rings is 1. The van der Waals surface area contributed by atoms with Gasteiger partial charge in [0.15, 0.2) is 0 Å². The topological polar surface area (TPSA) is 21.3 Å². The van der Waals surface area contributed by atoms with Gasteiger partial charge in [-0.1, -0.05) is 19.1 Å². The molecule has 4 rings (SSSR count). The molecule has 3 saturated carbocycles. The van der Waals surface area contributed by atoms with E-state index in [4.69, 9.17) is 4.74 Å². The number of ether oxygens (including phenoxy) is 1. The van der Waals surface area contributed by atoms with Gasteiger partial charge in [-0.2, -0.15) is 0 Å². The lowest BCUT2D eigenvalue weighted by atomic mass is 9.93. The Kier molecular flexibility index (Phi) is 3.03. The highest BCUT2D eigenvalue weighted by Crippen LogP contribution is 2.72. The maximum Gasteiger partial charge on any atom is 0.118 e. The molecule has 3 fully saturated rings. The van der Waals surface area contributed by atoms with E-state index in [0.29, 0.717) is 6.04 Å². The maximum atomic E-state index is 5.28. The lowest BCUT2D eigenvalue weighted by Crippen LogP contribution is -2.25. The van der Waals surface area contributed by atoms with Crippen LogP contribution in [-0.4, -0.2) is 13.7 Å². The van der Waals surface area contributed by atoms with E-state index >= 15 is 0 Å². The van der Waals surface area contributed by atoms with Crippen LogP contribution in [0.3, 0.4) is 0 Å². The Labute approximate surface area is 121 Å². The minimum Gasteiger partial charge on any atom is -0.497 e. The van der Waals surface area contributed by atoms with Crippen molar-refractivity contribution in [1.82, 2.24) is 5.32 Å². The molecule has 0 aromatic heterocycles. The molecule has 3 aliphatic rings. The molecule has 20 heavy (non-hydrogen) atoms. The molecular weight excluding hydrogens is 246 g/mol. The van der Waals surface area contributed by atoms with Crippen molar-refractivity contribution < 1.29 is 4.74 Å². The molecule has 5 unspecified atom stereocenters. The van der Waals surface area contributed by atoms with Gasteiger partial charge in [0, 0.05) is 6.04 Å². The summed E-state index contributed by atoms with van der Waals surface area (Å²) in [5.41, 5.74) is 1.45. The van der Waals surface area contributed by atoms with Crippen molar-refractivity contribution in [2.24, 2.45) is 29.6 Å². The quantitative estimate of drug-likeness (QED) is 0.883. The summed E-state index contributed by atoms with van der Waals surface area (Å²) in [7, 11) is 1.74. The predicted octanol–water partition coefficient (Wildman–Crippen LogP) is 3.64. The van der Waals surface area contributed by atoms with Crippen LogP contribution in [0.15, 0.2) is 24.3 Å². The molecule has 2 bridgehead atoms. The Bertz CT molecular complexity index is 467.